The van der Waals surface area contributed by atoms with Gasteiger partial charge in [0.05, 0.1) is 11.9 Å². The maximum Gasteiger partial charge on any atom is 0.245 e. The van der Waals surface area contributed by atoms with Gasteiger partial charge in [-0.1, -0.05) is 17.7 Å². The summed E-state index contributed by atoms with van der Waals surface area (Å²) in [5.74, 6) is 0. The second-order valence-corrected chi connectivity index (χ2v) is 7.02. The predicted molar refractivity (Wildman–Crippen MR) is 78.3 cm³/mol. The van der Waals surface area contributed by atoms with Crippen LogP contribution in [0.25, 0.3) is 0 Å². The molecule has 1 rings (SSSR count). The minimum atomic E-state index is -3.59. The maximum atomic E-state index is 12.0. The first-order chi connectivity index (χ1) is 8.55. The van der Waals surface area contributed by atoms with E-state index in [0.717, 1.165) is 27.3 Å². The van der Waals surface area contributed by atoms with E-state index in [-0.39, 0.29) is 0 Å². The fourth-order valence-corrected chi connectivity index (χ4v) is 3.70. The number of hydrogen-bond acceptors (Lipinski definition) is 3. The molecule has 6 heteroatoms. The highest BCUT2D eigenvalue weighted by Crippen LogP contribution is 2.30. The van der Waals surface area contributed by atoms with Crippen molar-refractivity contribution < 1.29 is 13.2 Å². The quantitative estimate of drug-likeness (QED) is 0.803. The highest BCUT2D eigenvalue weighted by atomic mass is 35.5. The third-order valence-corrected chi connectivity index (χ3v) is 4.42. The molecule has 0 saturated carbocycles. The molecule has 1 aromatic rings. The summed E-state index contributed by atoms with van der Waals surface area (Å²) in [6.07, 6.45) is 1.07. The Morgan fingerprint density at radius 3 is 1.95 bits per heavy atom. The third-order valence-electron chi connectivity index (χ3n) is 2.89. The number of rotatable bonds is 4. The summed E-state index contributed by atoms with van der Waals surface area (Å²) >= 11 is 5.47. The second kappa shape index (κ2) is 5.51. The van der Waals surface area contributed by atoms with E-state index in [1.807, 2.05) is 32.9 Å². The Hall–Kier alpha value is -1.07. The van der Waals surface area contributed by atoms with Crippen LogP contribution in [0.15, 0.2) is 12.1 Å². The van der Waals surface area contributed by atoms with Crippen LogP contribution >= 0.6 is 11.6 Å². The summed E-state index contributed by atoms with van der Waals surface area (Å²) in [6.45, 7) is 7.05. The highest BCUT2D eigenvalue weighted by molar-refractivity contribution is 7.92. The van der Waals surface area contributed by atoms with Gasteiger partial charge < -0.3 is 0 Å². The molecule has 1 aromatic carbocycles. The van der Waals surface area contributed by atoms with Gasteiger partial charge in [-0.05, 0) is 50.4 Å². The largest absolute Gasteiger partial charge is 0.279 e. The van der Waals surface area contributed by atoms with Crippen molar-refractivity contribution in [2.45, 2.75) is 33.7 Å². The summed E-state index contributed by atoms with van der Waals surface area (Å²) < 4.78 is 25.1. The van der Waals surface area contributed by atoms with Crippen molar-refractivity contribution in [2.75, 3.05) is 10.6 Å². The van der Waals surface area contributed by atoms with Crippen LogP contribution in [0.2, 0.25) is 0 Å². The van der Waals surface area contributed by atoms with E-state index in [1.54, 1.807) is 0 Å². The fourth-order valence-electron chi connectivity index (χ4n) is 2.26. The Morgan fingerprint density at radius 2 is 1.63 bits per heavy atom. The van der Waals surface area contributed by atoms with Crippen LogP contribution in [0.4, 0.5) is 5.69 Å². The van der Waals surface area contributed by atoms with E-state index in [2.05, 4.69) is 0 Å². The van der Waals surface area contributed by atoms with Crippen LogP contribution in [0.5, 0.6) is 0 Å². The second-order valence-electron chi connectivity index (χ2n) is 4.79. The van der Waals surface area contributed by atoms with Crippen LogP contribution in [0.1, 0.15) is 23.6 Å². The van der Waals surface area contributed by atoms with Crippen LogP contribution in [0, 0.1) is 20.8 Å². The van der Waals surface area contributed by atoms with Gasteiger partial charge in [0.25, 0.3) is 0 Å². The Labute approximate surface area is 119 Å². The zero-order valence-corrected chi connectivity index (χ0v) is 13.3. The molecule has 0 aromatic heterocycles. The predicted octanol–water partition coefficient (Wildman–Crippen LogP) is 2.53. The van der Waals surface area contributed by atoms with E-state index < -0.39 is 21.3 Å². The molecule has 0 aliphatic carbocycles. The molecule has 1 atom stereocenters. The molecule has 0 saturated heterocycles. The number of halogens is 1. The summed E-state index contributed by atoms with van der Waals surface area (Å²) in [4.78, 5) is 11.4. The Kier molecular flexibility index (Phi) is 4.63. The zero-order valence-electron chi connectivity index (χ0n) is 11.7. The van der Waals surface area contributed by atoms with Crippen molar-refractivity contribution in [3.05, 3.63) is 28.8 Å². The summed E-state index contributed by atoms with van der Waals surface area (Å²) in [7, 11) is -3.59. The average Bonchev–Trinajstić information content (AvgIpc) is 2.20. The molecule has 106 valence electrons. The molecule has 0 N–H and O–H groups in total. The van der Waals surface area contributed by atoms with Crippen molar-refractivity contribution >= 4 is 32.6 Å². The van der Waals surface area contributed by atoms with Crippen molar-refractivity contribution in [1.29, 1.82) is 0 Å². The number of anilines is 1. The number of carbonyl (C=O) groups is 1. The molecule has 0 amide bonds. The van der Waals surface area contributed by atoms with Gasteiger partial charge in [-0.2, -0.15) is 0 Å². The average molecular weight is 304 g/mol. The number of nitrogens with zero attached hydrogens (tertiary/aromatic N) is 1. The van der Waals surface area contributed by atoms with Gasteiger partial charge in [0.2, 0.25) is 15.3 Å². The van der Waals surface area contributed by atoms with Gasteiger partial charge in [-0.25, -0.2) is 8.42 Å². The van der Waals surface area contributed by atoms with E-state index in [0.29, 0.717) is 5.69 Å². The van der Waals surface area contributed by atoms with Gasteiger partial charge in [-0.3, -0.25) is 9.10 Å². The molecule has 0 aliphatic heterocycles. The van der Waals surface area contributed by atoms with Crippen LogP contribution in [0.3, 0.4) is 0 Å². The Balaban J connectivity index is 3.56. The van der Waals surface area contributed by atoms with Crippen LogP contribution in [-0.4, -0.2) is 26.0 Å². The summed E-state index contributed by atoms with van der Waals surface area (Å²) in [6, 6.07) is 2.83. The van der Waals surface area contributed by atoms with Crippen LogP contribution in [-0.2, 0) is 14.8 Å². The minimum Gasteiger partial charge on any atom is -0.279 e. The molecule has 0 bridgehead atoms. The zero-order chi connectivity index (χ0) is 15.0. The monoisotopic (exact) mass is 303 g/mol. The molecule has 4 nitrogen and oxygen atoms in total. The Bertz CT molecular complexity index is 587. The number of carbonyl (C=O) groups excluding carboxylic acids is 1. The smallest absolute Gasteiger partial charge is 0.245 e. The van der Waals surface area contributed by atoms with E-state index >= 15 is 0 Å². The molecule has 19 heavy (non-hydrogen) atoms. The molecule has 0 aliphatic rings. The number of hydrogen-bond donors (Lipinski definition) is 0. The normalized spacial score (nSPS) is 13.2. The first-order valence-electron chi connectivity index (χ1n) is 5.82. The third kappa shape index (κ3) is 3.48. The molecule has 0 spiro atoms. The number of sulfonamides is 1. The lowest BCUT2D eigenvalue weighted by Gasteiger charge is -2.29. The molecular weight excluding hydrogens is 286 g/mol. The summed E-state index contributed by atoms with van der Waals surface area (Å²) in [5.41, 5.74) is 3.16. The van der Waals surface area contributed by atoms with Crippen molar-refractivity contribution in [3.8, 4) is 0 Å². The van der Waals surface area contributed by atoms with Crippen molar-refractivity contribution in [1.82, 2.24) is 0 Å². The molecule has 0 fully saturated rings. The van der Waals surface area contributed by atoms with E-state index in [1.165, 1.54) is 6.92 Å². The molecule has 0 radical (unpaired) electrons. The van der Waals surface area contributed by atoms with Gasteiger partial charge in [-0.15, -0.1) is 0 Å². The SMILES string of the molecule is Cc1cc(C)c(N(C(C)C(=O)Cl)S(C)(=O)=O)c(C)c1. The Morgan fingerprint density at radius 1 is 1.21 bits per heavy atom. The van der Waals surface area contributed by atoms with E-state index in [9.17, 15) is 13.2 Å². The van der Waals surface area contributed by atoms with Gasteiger partial charge in [0, 0.05) is 0 Å². The van der Waals surface area contributed by atoms with Crippen LogP contribution < -0.4 is 4.31 Å². The maximum absolute atomic E-state index is 12.0. The van der Waals surface area contributed by atoms with E-state index in [4.69, 9.17) is 11.6 Å². The number of benzene rings is 1. The van der Waals surface area contributed by atoms with Gasteiger partial charge in [0.15, 0.2) is 0 Å². The standard InChI is InChI=1S/C13H18ClNO3S/c1-8-6-9(2)12(10(3)7-8)15(19(5,17)18)11(4)13(14)16/h6-7,11H,1-5H3. The minimum absolute atomic E-state index is 0.523. The van der Waals surface area contributed by atoms with Gasteiger partial charge in [0.1, 0.15) is 6.04 Å². The fraction of sp³-hybridized carbons (Fsp3) is 0.462. The lowest BCUT2D eigenvalue weighted by Crippen LogP contribution is -2.42. The molecule has 1 unspecified atom stereocenters. The molecular formula is C13H18ClNO3S. The van der Waals surface area contributed by atoms with Crippen molar-refractivity contribution in [2.24, 2.45) is 0 Å². The first kappa shape index (κ1) is 16.0. The molecule has 0 heterocycles. The highest BCUT2D eigenvalue weighted by Gasteiger charge is 2.30. The van der Waals surface area contributed by atoms with Crippen molar-refractivity contribution in [3.63, 3.8) is 0 Å². The summed E-state index contributed by atoms with van der Waals surface area (Å²) in [5, 5.41) is -0.704. The lowest BCUT2D eigenvalue weighted by molar-refractivity contribution is -0.112. The lowest BCUT2D eigenvalue weighted by atomic mass is 10.0. The topological polar surface area (TPSA) is 54.5 Å². The first-order valence-corrected chi connectivity index (χ1v) is 8.05. The van der Waals surface area contributed by atoms with Gasteiger partial charge >= 0.3 is 0 Å². The number of aryl methyl sites for hydroxylation is 3.